The number of nitrogens with zero attached hydrogens (tertiary/aromatic N) is 3. The Balaban J connectivity index is 2.53. The molecule has 0 saturated heterocycles. The van der Waals surface area contributed by atoms with Gasteiger partial charge in [-0.25, -0.2) is 9.97 Å². The van der Waals surface area contributed by atoms with Crippen molar-refractivity contribution in [3.63, 3.8) is 0 Å². The van der Waals surface area contributed by atoms with Crippen LogP contribution in [0.2, 0.25) is 0 Å². The van der Waals surface area contributed by atoms with Gasteiger partial charge in [-0.05, 0) is 17.5 Å². The highest BCUT2D eigenvalue weighted by molar-refractivity contribution is 5.73. The van der Waals surface area contributed by atoms with Crippen LogP contribution in [0.4, 0.5) is 0 Å². The Hall–Kier alpha value is -1.75. The molecule has 0 aromatic carbocycles. The standard InChI is InChI=1S/C13H17N3O2/c1-9(2)10-6-11-12(14-7-10)15-8-16(13(11)17)4-5-18-3/h6-9H,4-5H2,1-3H3. The largest absolute Gasteiger partial charge is 0.383 e. The molecule has 2 rings (SSSR count). The Morgan fingerprint density at radius 1 is 1.39 bits per heavy atom. The predicted octanol–water partition coefficient (Wildman–Crippen LogP) is 1.56. The van der Waals surface area contributed by atoms with Gasteiger partial charge in [-0.1, -0.05) is 13.8 Å². The number of ether oxygens (including phenoxy) is 1. The third kappa shape index (κ3) is 2.41. The molecule has 18 heavy (non-hydrogen) atoms. The molecule has 0 radical (unpaired) electrons. The molecule has 0 saturated carbocycles. The SMILES string of the molecule is COCCn1cnc2ncc(C(C)C)cc2c1=O. The Bertz CT molecular complexity index is 605. The molecule has 0 aliphatic carbocycles. The van der Waals surface area contributed by atoms with Crippen LogP contribution >= 0.6 is 0 Å². The van der Waals surface area contributed by atoms with Crippen LogP contribution < -0.4 is 5.56 Å². The monoisotopic (exact) mass is 247 g/mol. The maximum absolute atomic E-state index is 12.2. The van der Waals surface area contributed by atoms with Gasteiger partial charge >= 0.3 is 0 Å². The van der Waals surface area contributed by atoms with Gasteiger partial charge in [-0.15, -0.1) is 0 Å². The summed E-state index contributed by atoms with van der Waals surface area (Å²) in [5.41, 5.74) is 1.48. The number of methoxy groups -OCH3 is 1. The molecule has 0 bridgehead atoms. The molecular weight excluding hydrogens is 230 g/mol. The van der Waals surface area contributed by atoms with Crippen molar-refractivity contribution in [1.82, 2.24) is 14.5 Å². The molecule has 0 fully saturated rings. The molecule has 2 heterocycles. The van der Waals surface area contributed by atoms with E-state index in [9.17, 15) is 4.79 Å². The second kappa shape index (κ2) is 5.27. The quantitative estimate of drug-likeness (QED) is 0.822. The van der Waals surface area contributed by atoms with Crippen molar-refractivity contribution in [3.05, 3.63) is 34.5 Å². The Labute approximate surface area is 105 Å². The van der Waals surface area contributed by atoms with Gasteiger partial charge in [-0.3, -0.25) is 9.36 Å². The highest BCUT2D eigenvalue weighted by Crippen LogP contribution is 2.15. The fourth-order valence-electron chi connectivity index (χ4n) is 1.73. The van der Waals surface area contributed by atoms with E-state index < -0.39 is 0 Å². The van der Waals surface area contributed by atoms with Crippen LogP contribution in [0.1, 0.15) is 25.3 Å². The highest BCUT2D eigenvalue weighted by atomic mass is 16.5. The van der Waals surface area contributed by atoms with E-state index in [0.29, 0.717) is 30.1 Å². The van der Waals surface area contributed by atoms with Gasteiger partial charge in [0.05, 0.1) is 18.5 Å². The minimum Gasteiger partial charge on any atom is -0.383 e. The second-order valence-electron chi connectivity index (χ2n) is 4.53. The van der Waals surface area contributed by atoms with Crippen molar-refractivity contribution < 1.29 is 4.74 Å². The smallest absolute Gasteiger partial charge is 0.262 e. The predicted molar refractivity (Wildman–Crippen MR) is 69.8 cm³/mol. The van der Waals surface area contributed by atoms with E-state index >= 15 is 0 Å². The topological polar surface area (TPSA) is 57.0 Å². The van der Waals surface area contributed by atoms with Gasteiger partial charge in [0.25, 0.3) is 5.56 Å². The molecule has 0 unspecified atom stereocenters. The molecule has 0 aliphatic rings. The van der Waals surface area contributed by atoms with Crippen molar-refractivity contribution in [1.29, 1.82) is 0 Å². The van der Waals surface area contributed by atoms with E-state index in [0.717, 1.165) is 5.56 Å². The summed E-state index contributed by atoms with van der Waals surface area (Å²) in [6, 6.07) is 1.88. The van der Waals surface area contributed by atoms with E-state index in [1.165, 1.54) is 6.33 Å². The van der Waals surface area contributed by atoms with Gasteiger partial charge < -0.3 is 4.74 Å². The van der Waals surface area contributed by atoms with Crippen molar-refractivity contribution in [2.24, 2.45) is 0 Å². The molecule has 2 aromatic rings. The molecular formula is C13H17N3O2. The first-order valence-corrected chi connectivity index (χ1v) is 5.97. The molecule has 5 heteroatoms. The van der Waals surface area contributed by atoms with Crippen LogP contribution in [0.15, 0.2) is 23.4 Å². The minimum atomic E-state index is -0.0629. The summed E-state index contributed by atoms with van der Waals surface area (Å²) < 4.78 is 6.52. The Morgan fingerprint density at radius 2 is 2.17 bits per heavy atom. The maximum atomic E-state index is 12.2. The van der Waals surface area contributed by atoms with Crippen LogP contribution in [-0.2, 0) is 11.3 Å². The summed E-state index contributed by atoms with van der Waals surface area (Å²) in [7, 11) is 1.61. The molecule has 96 valence electrons. The lowest BCUT2D eigenvalue weighted by Crippen LogP contribution is -2.23. The molecule has 2 aromatic heterocycles. The van der Waals surface area contributed by atoms with Crippen LogP contribution in [0.3, 0.4) is 0 Å². The van der Waals surface area contributed by atoms with E-state index in [4.69, 9.17) is 4.74 Å². The second-order valence-corrected chi connectivity index (χ2v) is 4.53. The lowest BCUT2D eigenvalue weighted by molar-refractivity contribution is 0.186. The fraction of sp³-hybridized carbons (Fsp3) is 0.462. The van der Waals surface area contributed by atoms with Gasteiger partial charge in [0.2, 0.25) is 0 Å². The zero-order valence-corrected chi connectivity index (χ0v) is 10.9. The van der Waals surface area contributed by atoms with E-state index in [2.05, 4.69) is 23.8 Å². The molecule has 0 N–H and O–H groups in total. The van der Waals surface area contributed by atoms with Crippen LogP contribution in [-0.4, -0.2) is 28.3 Å². The third-order valence-electron chi connectivity index (χ3n) is 2.90. The lowest BCUT2D eigenvalue weighted by Gasteiger charge is -2.08. The van der Waals surface area contributed by atoms with Gasteiger partial charge in [0.1, 0.15) is 6.33 Å². The highest BCUT2D eigenvalue weighted by Gasteiger charge is 2.08. The Morgan fingerprint density at radius 3 is 2.83 bits per heavy atom. The fourth-order valence-corrected chi connectivity index (χ4v) is 1.73. The number of fused-ring (bicyclic) bond motifs is 1. The lowest BCUT2D eigenvalue weighted by atomic mass is 10.1. The first-order valence-electron chi connectivity index (χ1n) is 5.97. The average molecular weight is 247 g/mol. The van der Waals surface area contributed by atoms with Crippen molar-refractivity contribution >= 4 is 11.0 Å². The van der Waals surface area contributed by atoms with Gasteiger partial charge in [-0.2, -0.15) is 0 Å². The molecule has 0 spiro atoms. The third-order valence-corrected chi connectivity index (χ3v) is 2.90. The van der Waals surface area contributed by atoms with E-state index in [1.807, 2.05) is 6.07 Å². The summed E-state index contributed by atoms with van der Waals surface area (Å²) in [6.07, 6.45) is 3.30. The summed E-state index contributed by atoms with van der Waals surface area (Å²) in [5, 5.41) is 0.569. The van der Waals surface area contributed by atoms with Crippen LogP contribution in [0.5, 0.6) is 0 Å². The molecule has 0 aliphatic heterocycles. The zero-order valence-electron chi connectivity index (χ0n) is 10.9. The van der Waals surface area contributed by atoms with Crippen molar-refractivity contribution in [2.45, 2.75) is 26.3 Å². The zero-order chi connectivity index (χ0) is 13.1. The number of pyridine rings is 1. The summed E-state index contributed by atoms with van der Waals surface area (Å²) in [4.78, 5) is 20.7. The average Bonchev–Trinajstić information content (AvgIpc) is 2.37. The van der Waals surface area contributed by atoms with Crippen LogP contribution in [0, 0.1) is 0 Å². The van der Waals surface area contributed by atoms with E-state index in [-0.39, 0.29) is 5.56 Å². The van der Waals surface area contributed by atoms with E-state index in [1.54, 1.807) is 17.9 Å². The summed E-state index contributed by atoms with van der Waals surface area (Å²) in [6.45, 7) is 5.14. The van der Waals surface area contributed by atoms with Crippen molar-refractivity contribution in [2.75, 3.05) is 13.7 Å². The normalized spacial score (nSPS) is 11.3. The van der Waals surface area contributed by atoms with Crippen LogP contribution in [0.25, 0.3) is 11.0 Å². The number of hydrogen-bond acceptors (Lipinski definition) is 4. The maximum Gasteiger partial charge on any atom is 0.262 e. The first-order chi connectivity index (χ1) is 8.63. The number of rotatable bonds is 4. The molecule has 0 amide bonds. The first kappa shape index (κ1) is 12.7. The minimum absolute atomic E-state index is 0.0629. The number of hydrogen-bond donors (Lipinski definition) is 0. The van der Waals surface area contributed by atoms with Gasteiger partial charge in [0, 0.05) is 13.3 Å². The van der Waals surface area contributed by atoms with Gasteiger partial charge in [0.15, 0.2) is 5.65 Å². The van der Waals surface area contributed by atoms with Crippen molar-refractivity contribution in [3.8, 4) is 0 Å². The molecule has 0 atom stereocenters. The summed E-state index contributed by atoms with van der Waals surface area (Å²) >= 11 is 0. The summed E-state index contributed by atoms with van der Waals surface area (Å²) in [5.74, 6) is 0.342. The number of aromatic nitrogens is 3. The Kier molecular flexibility index (Phi) is 3.72. The molecule has 5 nitrogen and oxygen atoms in total.